The van der Waals surface area contributed by atoms with E-state index in [2.05, 4.69) is 10.5 Å². The third kappa shape index (κ3) is 3.77. The zero-order chi connectivity index (χ0) is 12.1. The molecule has 17 heavy (non-hydrogen) atoms. The number of halogens is 2. The van der Waals surface area contributed by atoms with Gasteiger partial charge < -0.3 is 0 Å². The fourth-order valence-corrected chi connectivity index (χ4v) is 1.60. The van der Waals surface area contributed by atoms with Gasteiger partial charge in [0, 0.05) is 10.0 Å². The molecule has 0 unspecified atom stereocenters. The summed E-state index contributed by atoms with van der Waals surface area (Å²) in [4.78, 5) is 0. The van der Waals surface area contributed by atoms with E-state index in [-0.39, 0.29) is 0 Å². The summed E-state index contributed by atoms with van der Waals surface area (Å²) in [5.41, 5.74) is 4.73. The van der Waals surface area contributed by atoms with Crippen molar-refractivity contribution in [2.24, 2.45) is 5.10 Å². The van der Waals surface area contributed by atoms with E-state index in [1.807, 2.05) is 42.5 Å². The largest absolute Gasteiger partial charge is 0.278 e. The highest BCUT2D eigenvalue weighted by atomic mass is 35.5. The molecular weight excluding hydrogens is 255 g/mol. The molecule has 0 fully saturated rings. The van der Waals surface area contributed by atoms with Crippen LogP contribution >= 0.6 is 23.2 Å². The van der Waals surface area contributed by atoms with Crippen LogP contribution < -0.4 is 5.43 Å². The minimum atomic E-state index is 0.677. The van der Waals surface area contributed by atoms with Gasteiger partial charge in [-0.1, -0.05) is 41.4 Å². The van der Waals surface area contributed by atoms with Gasteiger partial charge in [0.2, 0.25) is 0 Å². The van der Waals surface area contributed by atoms with Gasteiger partial charge >= 0.3 is 0 Å². The van der Waals surface area contributed by atoms with Crippen molar-refractivity contribution in [2.45, 2.75) is 0 Å². The number of benzene rings is 2. The fourth-order valence-electron chi connectivity index (χ4n) is 1.29. The molecule has 0 aliphatic heterocycles. The molecular formula is C13H10Cl2N2. The SMILES string of the molecule is Clc1ccc(C=NNc2cccc(Cl)c2)cc1. The topological polar surface area (TPSA) is 24.4 Å². The predicted octanol–water partition coefficient (Wildman–Crippen LogP) is 4.44. The average Bonchev–Trinajstić information content (AvgIpc) is 2.32. The van der Waals surface area contributed by atoms with E-state index in [0.29, 0.717) is 10.0 Å². The zero-order valence-electron chi connectivity index (χ0n) is 8.90. The smallest absolute Gasteiger partial charge is 0.0576 e. The number of rotatable bonds is 3. The monoisotopic (exact) mass is 264 g/mol. The normalized spacial score (nSPS) is 10.7. The Hall–Kier alpha value is -1.51. The van der Waals surface area contributed by atoms with Gasteiger partial charge in [-0.3, -0.25) is 5.43 Å². The van der Waals surface area contributed by atoms with Crippen molar-refractivity contribution >= 4 is 35.1 Å². The van der Waals surface area contributed by atoms with Gasteiger partial charge in [0.05, 0.1) is 11.9 Å². The van der Waals surface area contributed by atoms with Crippen LogP contribution in [0.5, 0.6) is 0 Å². The first-order chi connectivity index (χ1) is 8.24. The Labute approximate surface area is 110 Å². The van der Waals surface area contributed by atoms with Crippen LogP contribution in [0.15, 0.2) is 53.6 Å². The highest BCUT2D eigenvalue weighted by Gasteiger charge is 1.91. The highest BCUT2D eigenvalue weighted by Crippen LogP contribution is 2.14. The van der Waals surface area contributed by atoms with Crippen LogP contribution in [0.4, 0.5) is 5.69 Å². The summed E-state index contributed by atoms with van der Waals surface area (Å²) in [5.74, 6) is 0. The molecule has 1 N–H and O–H groups in total. The maximum atomic E-state index is 5.85. The third-order valence-corrected chi connectivity index (χ3v) is 2.59. The van der Waals surface area contributed by atoms with Crippen molar-refractivity contribution in [3.63, 3.8) is 0 Å². The molecule has 2 rings (SSSR count). The molecule has 2 nitrogen and oxygen atoms in total. The van der Waals surface area contributed by atoms with E-state index in [4.69, 9.17) is 23.2 Å². The van der Waals surface area contributed by atoms with Crippen LogP contribution in [0.1, 0.15) is 5.56 Å². The number of hydrogen-bond acceptors (Lipinski definition) is 2. The summed E-state index contributed by atoms with van der Waals surface area (Å²) >= 11 is 11.6. The minimum Gasteiger partial charge on any atom is -0.278 e. The Bertz CT molecular complexity index is 521. The van der Waals surface area contributed by atoms with Crippen LogP contribution in [0.2, 0.25) is 10.0 Å². The lowest BCUT2D eigenvalue weighted by Crippen LogP contribution is -1.90. The lowest BCUT2D eigenvalue weighted by Gasteiger charge is -1.99. The van der Waals surface area contributed by atoms with E-state index in [0.717, 1.165) is 11.3 Å². The summed E-state index contributed by atoms with van der Waals surface area (Å²) in [6.07, 6.45) is 1.72. The van der Waals surface area contributed by atoms with Crippen LogP contribution in [0.3, 0.4) is 0 Å². The summed E-state index contributed by atoms with van der Waals surface area (Å²) in [7, 11) is 0. The Kier molecular flexibility index (Phi) is 4.02. The second-order valence-electron chi connectivity index (χ2n) is 3.43. The van der Waals surface area contributed by atoms with E-state index in [1.54, 1.807) is 12.3 Å². The second kappa shape index (κ2) is 5.71. The molecule has 0 aliphatic carbocycles. The lowest BCUT2D eigenvalue weighted by molar-refractivity contribution is 1.35. The first-order valence-electron chi connectivity index (χ1n) is 5.04. The molecule has 0 aliphatic rings. The Balaban J connectivity index is 2.00. The number of hydrazone groups is 1. The zero-order valence-corrected chi connectivity index (χ0v) is 10.4. The fraction of sp³-hybridized carbons (Fsp3) is 0. The van der Waals surface area contributed by atoms with Gasteiger partial charge in [-0.05, 0) is 35.9 Å². The number of hydrogen-bond donors (Lipinski definition) is 1. The van der Waals surface area contributed by atoms with Crippen molar-refractivity contribution in [2.75, 3.05) is 5.43 Å². The van der Waals surface area contributed by atoms with Gasteiger partial charge in [-0.25, -0.2) is 0 Å². The first kappa shape index (κ1) is 12.0. The first-order valence-corrected chi connectivity index (χ1v) is 5.80. The molecule has 0 spiro atoms. The standard InChI is InChI=1S/C13H10Cl2N2/c14-11-6-4-10(5-7-11)9-16-17-13-3-1-2-12(15)8-13/h1-9,17H. The molecule has 86 valence electrons. The Morgan fingerprint density at radius 2 is 1.71 bits per heavy atom. The van der Waals surface area contributed by atoms with E-state index >= 15 is 0 Å². The number of anilines is 1. The summed E-state index contributed by atoms with van der Waals surface area (Å²) in [5, 5.41) is 5.50. The molecule has 0 radical (unpaired) electrons. The molecule has 2 aromatic rings. The molecule has 0 saturated heterocycles. The van der Waals surface area contributed by atoms with Crippen molar-refractivity contribution < 1.29 is 0 Å². The van der Waals surface area contributed by atoms with Crippen molar-refractivity contribution in [1.82, 2.24) is 0 Å². The van der Waals surface area contributed by atoms with Gasteiger partial charge in [0.1, 0.15) is 0 Å². The van der Waals surface area contributed by atoms with Gasteiger partial charge in [-0.2, -0.15) is 5.10 Å². The quantitative estimate of drug-likeness (QED) is 0.644. The van der Waals surface area contributed by atoms with Crippen molar-refractivity contribution in [1.29, 1.82) is 0 Å². The van der Waals surface area contributed by atoms with Gasteiger partial charge in [-0.15, -0.1) is 0 Å². The van der Waals surface area contributed by atoms with E-state index in [1.165, 1.54) is 0 Å². The molecule has 0 atom stereocenters. The van der Waals surface area contributed by atoms with Crippen LogP contribution in [0.25, 0.3) is 0 Å². The summed E-state index contributed by atoms with van der Waals surface area (Å²) < 4.78 is 0. The maximum Gasteiger partial charge on any atom is 0.0576 e. The molecule has 0 heterocycles. The Morgan fingerprint density at radius 3 is 2.41 bits per heavy atom. The van der Waals surface area contributed by atoms with E-state index < -0.39 is 0 Å². The molecule has 0 bridgehead atoms. The summed E-state index contributed by atoms with van der Waals surface area (Å²) in [6.45, 7) is 0. The molecule has 0 amide bonds. The lowest BCUT2D eigenvalue weighted by atomic mass is 10.2. The van der Waals surface area contributed by atoms with Crippen LogP contribution in [0, 0.1) is 0 Å². The van der Waals surface area contributed by atoms with Crippen molar-refractivity contribution in [3.05, 3.63) is 64.1 Å². The Morgan fingerprint density at radius 1 is 0.941 bits per heavy atom. The van der Waals surface area contributed by atoms with Crippen molar-refractivity contribution in [3.8, 4) is 0 Å². The van der Waals surface area contributed by atoms with Gasteiger partial charge in [0.25, 0.3) is 0 Å². The van der Waals surface area contributed by atoms with E-state index in [9.17, 15) is 0 Å². The molecule has 4 heteroatoms. The van der Waals surface area contributed by atoms with Crippen LogP contribution in [-0.2, 0) is 0 Å². The molecule has 0 saturated carbocycles. The number of nitrogens with zero attached hydrogens (tertiary/aromatic N) is 1. The van der Waals surface area contributed by atoms with Crippen LogP contribution in [-0.4, -0.2) is 6.21 Å². The minimum absolute atomic E-state index is 0.677. The average molecular weight is 265 g/mol. The molecule has 0 aromatic heterocycles. The van der Waals surface area contributed by atoms with Gasteiger partial charge in [0.15, 0.2) is 0 Å². The predicted molar refractivity (Wildman–Crippen MR) is 74.1 cm³/mol. The third-order valence-electron chi connectivity index (χ3n) is 2.10. The maximum absolute atomic E-state index is 5.85. The number of nitrogens with one attached hydrogen (secondary N) is 1. The molecule has 2 aromatic carbocycles. The summed E-state index contributed by atoms with van der Waals surface area (Å²) in [6, 6.07) is 14.8. The highest BCUT2D eigenvalue weighted by molar-refractivity contribution is 6.31. The second-order valence-corrected chi connectivity index (χ2v) is 4.30.